The first-order chi connectivity index (χ1) is 9.65. The molecule has 6 heteroatoms. The number of likely N-dealkylation sites (tertiary alicyclic amines) is 2. The zero-order valence-electron chi connectivity index (χ0n) is 13.1. The zero-order chi connectivity index (χ0) is 14.5. The molecule has 0 saturated carbocycles. The molecule has 1 atom stereocenters. The maximum Gasteiger partial charge on any atom is 0.227 e. The van der Waals surface area contributed by atoms with Crippen LogP contribution < -0.4 is 5.32 Å². The summed E-state index contributed by atoms with van der Waals surface area (Å²) < 4.78 is 0. The van der Waals surface area contributed by atoms with Gasteiger partial charge in [0.15, 0.2) is 0 Å². The van der Waals surface area contributed by atoms with Crippen LogP contribution >= 0.6 is 12.4 Å². The number of amides is 2. The lowest BCUT2D eigenvalue weighted by Gasteiger charge is -2.33. The van der Waals surface area contributed by atoms with E-state index in [9.17, 15) is 9.59 Å². The average Bonchev–Trinajstić information content (AvgIpc) is 2.86. The zero-order valence-corrected chi connectivity index (χ0v) is 14.0. The maximum absolute atomic E-state index is 12.5. The fraction of sp³-hybridized carbons (Fsp3) is 0.867. The van der Waals surface area contributed by atoms with Crippen LogP contribution in [0.4, 0.5) is 0 Å². The Kier molecular flexibility index (Phi) is 7.46. The number of hydrogen-bond donors (Lipinski definition) is 1. The fourth-order valence-corrected chi connectivity index (χ4v) is 3.29. The molecule has 0 bridgehead atoms. The van der Waals surface area contributed by atoms with Crippen molar-refractivity contribution in [3.05, 3.63) is 0 Å². The van der Waals surface area contributed by atoms with Crippen molar-refractivity contribution in [1.82, 2.24) is 15.1 Å². The molecule has 2 fully saturated rings. The van der Waals surface area contributed by atoms with Gasteiger partial charge in [0.1, 0.15) is 0 Å². The van der Waals surface area contributed by atoms with Gasteiger partial charge in [0.25, 0.3) is 0 Å². The van der Waals surface area contributed by atoms with Gasteiger partial charge in [0.2, 0.25) is 11.8 Å². The second kappa shape index (κ2) is 8.59. The molecule has 0 aliphatic carbocycles. The van der Waals surface area contributed by atoms with E-state index in [0.29, 0.717) is 19.5 Å². The number of rotatable bonds is 5. The van der Waals surface area contributed by atoms with Gasteiger partial charge in [-0.25, -0.2) is 0 Å². The van der Waals surface area contributed by atoms with Gasteiger partial charge >= 0.3 is 0 Å². The van der Waals surface area contributed by atoms with Crippen LogP contribution in [-0.4, -0.2) is 61.4 Å². The first-order valence-electron chi connectivity index (χ1n) is 7.86. The van der Waals surface area contributed by atoms with Gasteiger partial charge in [-0.15, -0.1) is 12.4 Å². The Morgan fingerprint density at radius 1 is 1.33 bits per heavy atom. The first kappa shape index (κ1) is 18.2. The van der Waals surface area contributed by atoms with Crippen molar-refractivity contribution in [2.75, 3.05) is 39.8 Å². The second-order valence-corrected chi connectivity index (χ2v) is 5.99. The van der Waals surface area contributed by atoms with Crippen molar-refractivity contribution < 1.29 is 9.59 Å². The number of nitrogens with one attached hydrogen (secondary N) is 1. The molecule has 0 spiro atoms. The van der Waals surface area contributed by atoms with Crippen molar-refractivity contribution >= 4 is 24.2 Å². The van der Waals surface area contributed by atoms with E-state index in [-0.39, 0.29) is 30.1 Å². The van der Waals surface area contributed by atoms with Gasteiger partial charge in [-0.1, -0.05) is 0 Å². The van der Waals surface area contributed by atoms with Gasteiger partial charge < -0.3 is 15.1 Å². The largest absolute Gasteiger partial charge is 0.342 e. The van der Waals surface area contributed by atoms with Crippen molar-refractivity contribution in [2.45, 2.75) is 32.6 Å². The Hall–Kier alpha value is -0.810. The molecular formula is C15H28ClN3O2. The minimum absolute atomic E-state index is 0. The molecule has 2 amide bonds. The molecule has 122 valence electrons. The summed E-state index contributed by atoms with van der Waals surface area (Å²) >= 11 is 0. The number of piperidine rings is 1. The van der Waals surface area contributed by atoms with Crippen LogP contribution in [0.25, 0.3) is 0 Å². The Bertz CT molecular complexity index is 357. The van der Waals surface area contributed by atoms with Crippen LogP contribution in [0.5, 0.6) is 0 Å². The van der Waals surface area contributed by atoms with Crippen LogP contribution in [0, 0.1) is 11.8 Å². The summed E-state index contributed by atoms with van der Waals surface area (Å²) in [5.74, 6) is 0.969. The van der Waals surface area contributed by atoms with Crippen LogP contribution in [0.3, 0.4) is 0 Å². The van der Waals surface area contributed by atoms with Crippen LogP contribution in [0.2, 0.25) is 0 Å². The molecule has 0 aromatic carbocycles. The Balaban J connectivity index is 0.00000220. The predicted octanol–water partition coefficient (Wildman–Crippen LogP) is 1.12. The summed E-state index contributed by atoms with van der Waals surface area (Å²) in [7, 11) is 1.98. The normalized spacial score (nSPS) is 23.3. The summed E-state index contributed by atoms with van der Waals surface area (Å²) in [6.45, 7) is 6.09. The highest BCUT2D eigenvalue weighted by Gasteiger charge is 2.36. The quantitative estimate of drug-likeness (QED) is 0.827. The molecule has 2 aliphatic rings. The summed E-state index contributed by atoms with van der Waals surface area (Å²) in [5, 5.41) is 3.19. The number of carbonyl (C=O) groups excluding carboxylic acids is 2. The third-order valence-corrected chi connectivity index (χ3v) is 4.67. The molecule has 2 heterocycles. The molecule has 2 saturated heterocycles. The lowest BCUT2D eigenvalue weighted by atomic mass is 9.92. The highest BCUT2D eigenvalue weighted by atomic mass is 35.5. The molecule has 0 aromatic rings. The summed E-state index contributed by atoms with van der Waals surface area (Å²) in [4.78, 5) is 28.0. The standard InChI is InChI=1S/C15H27N3O2.ClH/c1-3-17-11-13(10-14(17)19)15(20)18-8-5-12(6-9-18)4-7-16-2;/h12-13,16H,3-11H2,1-2H3;1H. The fourth-order valence-electron chi connectivity index (χ4n) is 3.29. The number of hydrogen-bond acceptors (Lipinski definition) is 3. The van der Waals surface area contributed by atoms with Crippen molar-refractivity contribution in [1.29, 1.82) is 0 Å². The van der Waals surface area contributed by atoms with Gasteiger partial charge in [-0.2, -0.15) is 0 Å². The van der Waals surface area contributed by atoms with E-state index in [1.165, 1.54) is 6.42 Å². The Morgan fingerprint density at radius 3 is 2.52 bits per heavy atom. The number of halogens is 1. The van der Waals surface area contributed by atoms with E-state index in [2.05, 4.69) is 5.32 Å². The molecule has 0 radical (unpaired) electrons. The van der Waals surface area contributed by atoms with E-state index in [0.717, 1.165) is 38.4 Å². The van der Waals surface area contributed by atoms with E-state index >= 15 is 0 Å². The van der Waals surface area contributed by atoms with Gasteiger partial charge in [-0.05, 0) is 45.7 Å². The molecule has 2 rings (SSSR count). The second-order valence-electron chi connectivity index (χ2n) is 5.99. The van der Waals surface area contributed by atoms with E-state index in [1.54, 1.807) is 4.90 Å². The molecule has 21 heavy (non-hydrogen) atoms. The topological polar surface area (TPSA) is 52.7 Å². The third kappa shape index (κ3) is 4.58. The highest BCUT2D eigenvalue weighted by Crippen LogP contribution is 2.25. The highest BCUT2D eigenvalue weighted by molar-refractivity contribution is 5.89. The maximum atomic E-state index is 12.5. The molecule has 1 unspecified atom stereocenters. The van der Waals surface area contributed by atoms with Crippen LogP contribution in [-0.2, 0) is 9.59 Å². The minimum Gasteiger partial charge on any atom is -0.342 e. The van der Waals surface area contributed by atoms with Crippen molar-refractivity contribution in [2.24, 2.45) is 11.8 Å². The Labute approximate surface area is 133 Å². The van der Waals surface area contributed by atoms with Crippen molar-refractivity contribution in [3.8, 4) is 0 Å². The molecule has 1 N–H and O–H groups in total. The lowest BCUT2D eigenvalue weighted by molar-refractivity contribution is -0.137. The van der Waals surface area contributed by atoms with E-state index in [4.69, 9.17) is 0 Å². The summed E-state index contributed by atoms with van der Waals surface area (Å²) in [6.07, 6.45) is 3.81. The average molecular weight is 318 g/mol. The monoisotopic (exact) mass is 317 g/mol. The molecular weight excluding hydrogens is 290 g/mol. The third-order valence-electron chi connectivity index (χ3n) is 4.67. The number of nitrogens with zero attached hydrogens (tertiary/aromatic N) is 2. The van der Waals surface area contributed by atoms with Crippen LogP contribution in [0.15, 0.2) is 0 Å². The SMILES string of the molecule is CCN1CC(C(=O)N2CCC(CCNC)CC2)CC1=O.Cl. The van der Waals surface area contributed by atoms with Gasteiger partial charge in [0, 0.05) is 32.6 Å². The van der Waals surface area contributed by atoms with Crippen molar-refractivity contribution in [3.63, 3.8) is 0 Å². The van der Waals surface area contributed by atoms with Gasteiger partial charge in [0.05, 0.1) is 5.92 Å². The predicted molar refractivity (Wildman–Crippen MR) is 85.5 cm³/mol. The molecule has 2 aliphatic heterocycles. The number of carbonyl (C=O) groups is 2. The molecule has 0 aromatic heterocycles. The van der Waals surface area contributed by atoms with E-state index < -0.39 is 0 Å². The Morgan fingerprint density at radius 2 is 2.00 bits per heavy atom. The van der Waals surface area contributed by atoms with E-state index in [1.807, 2.05) is 18.9 Å². The first-order valence-corrected chi connectivity index (χ1v) is 7.86. The summed E-state index contributed by atoms with van der Waals surface area (Å²) in [5.41, 5.74) is 0. The smallest absolute Gasteiger partial charge is 0.227 e. The minimum atomic E-state index is -0.101. The lowest BCUT2D eigenvalue weighted by Crippen LogP contribution is -2.42. The molecule has 5 nitrogen and oxygen atoms in total. The summed E-state index contributed by atoms with van der Waals surface area (Å²) in [6, 6.07) is 0. The van der Waals surface area contributed by atoms with Gasteiger partial charge in [-0.3, -0.25) is 9.59 Å². The van der Waals surface area contributed by atoms with Crippen LogP contribution in [0.1, 0.15) is 32.6 Å².